The molecule has 1 atom stereocenters. The van der Waals surface area contributed by atoms with Crippen molar-refractivity contribution in [3.8, 4) is 0 Å². The van der Waals surface area contributed by atoms with Crippen LogP contribution in [0.5, 0.6) is 0 Å². The van der Waals surface area contributed by atoms with Crippen LogP contribution in [0.4, 0.5) is 0 Å². The predicted molar refractivity (Wildman–Crippen MR) is 334 cm³/mol. The first-order valence-electron chi connectivity index (χ1n) is 32.7. The Kier molecular flexibility index (Phi) is 61.8. The molecular formula is C71H122O6. The van der Waals surface area contributed by atoms with Crippen LogP contribution in [-0.4, -0.2) is 37.2 Å². The van der Waals surface area contributed by atoms with Crippen molar-refractivity contribution in [2.45, 2.75) is 322 Å². The summed E-state index contributed by atoms with van der Waals surface area (Å²) in [5, 5.41) is 0. The lowest BCUT2D eigenvalue weighted by Gasteiger charge is -2.18. The Bertz CT molecular complexity index is 1510. The Morgan fingerprint density at radius 3 is 0.818 bits per heavy atom. The van der Waals surface area contributed by atoms with Crippen LogP contribution in [0, 0.1) is 0 Å². The molecule has 0 saturated carbocycles. The first kappa shape index (κ1) is 73.3. The van der Waals surface area contributed by atoms with Crippen molar-refractivity contribution in [2.75, 3.05) is 13.2 Å². The molecule has 0 heterocycles. The van der Waals surface area contributed by atoms with Gasteiger partial charge in [0.15, 0.2) is 6.10 Å². The summed E-state index contributed by atoms with van der Waals surface area (Å²) >= 11 is 0. The first-order valence-corrected chi connectivity index (χ1v) is 32.7. The van der Waals surface area contributed by atoms with Crippen LogP contribution in [0.3, 0.4) is 0 Å². The van der Waals surface area contributed by atoms with E-state index in [1.54, 1.807) is 0 Å². The normalized spacial score (nSPS) is 12.7. The average molecular weight is 1070 g/mol. The number of allylic oxidation sites excluding steroid dienone is 16. The largest absolute Gasteiger partial charge is 0.462 e. The molecule has 0 saturated heterocycles. The van der Waals surface area contributed by atoms with Crippen molar-refractivity contribution in [1.29, 1.82) is 0 Å². The monoisotopic (exact) mass is 1070 g/mol. The Morgan fingerprint density at radius 1 is 0.273 bits per heavy atom. The third-order valence-corrected chi connectivity index (χ3v) is 14.0. The van der Waals surface area contributed by atoms with Gasteiger partial charge in [0.05, 0.1) is 0 Å². The van der Waals surface area contributed by atoms with E-state index < -0.39 is 6.10 Å². The maximum Gasteiger partial charge on any atom is 0.306 e. The summed E-state index contributed by atoms with van der Waals surface area (Å²) in [4.78, 5) is 38.4. The molecule has 6 nitrogen and oxygen atoms in total. The topological polar surface area (TPSA) is 78.9 Å². The minimum absolute atomic E-state index is 0.0867. The molecule has 0 aliphatic carbocycles. The fraction of sp³-hybridized carbons (Fsp3) is 0.732. The van der Waals surface area contributed by atoms with Gasteiger partial charge in [0.1, 0.15) is 13.2 Å². The van der Waals surface area contributed by atoms with Crippen LogP contribution in [0.25, 0.3) is 0 Å². The molecule has 0 aromatic heterocycles. The number of rotatable bonds is 59. The lowest BCUT2D eigenvalue weighted by atomic mass is 10.0. The van der Waals surface area contributed by atoms with Crippen molar-refractivity contribution < 1.29 is 28.6 Å². The van der Waals surface area contributed by atoms with Gasteiger partial charge in [-0.15, -0.1) is 0 Å². The molecule has 0 rings (SSSR count). The standard InChI is InChI=1S/C71H122O6/c1-4-7-10-13-16-19-22-25-28-31-33-34-35-36-38-40-43-46-49-52-55-58-61-64-70(73)76-67-68(66-75-69(72)63-60-57-54-51-48-45-42-39-30-27-24-21-18-15-12-9-6-3)77-71(74)65-62-59-56-53-50-47-44-41-37-32-29-26-23-20-17-14-11-8-5-2/h9,12,17-18,20-22,25-27,29-31,33,37,41,68H,4-8,10-11,13-16,19,23-24,28,32,34-36,38-40,42-67H2,1-3H3/b12-9-,20-17-,21-18-,25-22-,29-26-,30-27-,33-31-,41-37-. The minimum Gasteiger partial charge on any atom is -0.462 e. The van der Waals surface area contributed by atoms with Gasteiger partial charge in [0, 0.05) is 19.3 Å². The number of hydrogen-bond donors (Lipinski definition) is 0. The molecule has 0 aromatic rings. The molecule has 0 N–H and O–H groups in total. The van der Waals surface area contributed by atoms with Gasteiger partial charge in [0.2, 0.25) is 0 Å². The predicted octanol–water partition coefficient (Wildman–Crippen LogP) is 22.4. The molecule has 77 heavy (non-hydrogen) atoms. The third-order valence-electron chi connectivity index (χ3n) is 14.0. The van der Waals surface area contributed by atoms with E-state index in [-0.39, 0.29) is 31.1 Å². The highest BCUT2D eigenvalue weighted by atomic mass is 16.6. The Hall–Kier alpha value is -3.67. The van der Waals surface area contributed by atoms with Gasteiger partial charge in [-0.2, -0.15) is 0 Å². The van der Waals surface area contributed by atoms with E-state index in [4.69, 9.17) is 14.2 Å². The fourth-order valence-electron chi connectivity index (χ4n) is 9.14. The van der Waals surface area contributed by atoms with Crippen LogP contribution < -0.4 is 0 Å². The molecule has 0 radical (unpaired) electrons. The maximum atomic E-state index is 12.9. The highest BCUT2D eigenvalue weighted by molar-refractivity contribution is 5.71. The van der Waals surface area contributed by atoms with E-state index >= 15 is 0 Å². The summed E-state index contributed by atoms with van der Waals surface area (Å²) in [6, 6.07) is 0. The smallest absolute Gasteiger partial charge is 0.306 e. The van der Waals surface area contributed by atoms with Crippen LogP contribution >= 0.6 is 0 Å². The van der Waals surface area contributed by atoms with E-state index in [0.29, 0.717) is 19.3 Å². The maximum absolute atomic E-state index is 12.9. The summed E-state index contributed by atoms with van der Waals surface area (Å²) in [7, 11) is 0. The summed E-state index contributed by atoms with van der Waals surface area (Å²) in [6.45, 7) is 6.50. The van der Waals surface area contributed by atoms with Crippen molar-refractivity contribution in [1.82, 2.24) is 0 Å². The van der Waals surface area contributed by atoms with Crippen LogP contribution in [0.2, 0.25) is 0 Å². The van der Waals surface area contributed by atoms with Crippen LogP contribution in [-0.2, 0) is 28.6 Å². The molecule has 442 valence electrons. The molecule has 1 unspecified atom stereocenters. The second kappa shape index (κ2) is 64.9. The van der Waals surface area contributed by atoms with Crippen molar-refractivity contribution >= 4 is 17.9 Å². The second-order valence-corrected chi connectivity index (χ2v) is 21.6. The fourth-order valence-corrected chi connectivity index (χ4v) is 9.14. The lowest BCUT2D eigenvalue weighted by Crippen LogP contribution is -2.30. The highest BCUT2D eigenvalue weighted by Gasteiger charge is 2.19. The van der Waals surface area contributed by atoms with Crippen LogP contribution in [0.15, 0.2) is 97.2 Å². The molecule has 0 amide bonds. The minimum atomic E-state index is -0.792. The Morgan fingerprint density at radius 2 is 0.506 bits per heavy atom. The molecular weight excluding hydrogens is 949 g/mol. The molecule has 0 bridgehead atoms. The van der Waals surface area contributed by atoms with E-state index in [0.717, 1.165) is 116 Å². The summed E-state index contributed by atoms with van der Waals surface area (Å²) in [5.41, 5.74) is 0. The van der Waals surface area contributed by atoms with Gasteiger partial charge in [-0.25, -0.2) is 0 Å². The lowest BCUT2D eigenvalue weighted by molar-refractivity contribution is -0.167. The molecule has 0 aromatic carbocycles. The zero-order chi connectivity index (χ0) is 55.7. The average Bonchev–Trinajstić information content (AvgIpc) is 3.43. The SMILES string of the molecule is CC/C=C\C/C=C\C/C=C\CCCCCCCCCC(=O)OCC(COC(=O)CCCCCCCCCCCCC/C=C\C/C=C\CCCCCCC)OC(=O)CCCCCCCC/C=C\C/C=C\C/C=C\CCCCC. The Balaban J connectivity index is 4.40. The number of unbranched alkanes of at least 4 members (excludes halogenated alkanes) is 32. The van der Waals surface area contributed by atoms with E-state index in [1.165, 1.54) is 161 Å². The van der Waals surface area contributed by atoms with Gasteiger partial charge in [-0.1, -0.05) is 272 Å². The second-order valence-electron chi connectivity index (χ2n) is 21.6. The molecule has 0 aliphatic heterocycles. The van der Waals surface area contributed by atoms with Gasteiger partial charge in [0.25, 0.3) is 0 Å². The first-order chi connectivity index (χ1) is 38.0. The van der Waals surface area contributed by atoms with E-state index in [1.807, 2.05) is 0 Å². The molecule has 6 heteroatoms. The quantitative estimate of drug-likeness (QED) is 0.0261. The zero-order valence-electron chi connectivity index (χ0n) is 50.7. The van der Waals surface area contributed by atoms with Crippen molar-refractivity contribution in [2.24, 2.45) is 0 Å². The molecule has 0 spiro atoms. The van der Waals surface area contributed by atoms with Crippen molar-refractivity contribution in [3.63, 3.8) is 0 Å². The summed E-state index contributed by atoms with van der Waals surface area (Å²) in [5.74, 6) is -0.901. The highest BCUT2D eigenvalue weighted by Crippen LogP contribution is 2.16. The number of hydrogen-bond acceptors (Lipinski definition) is 6. The number of carbonyl (C=O) groups is 3. The zero-order valence-corrected chi connectivity index (χ0v) is 50.7. The number of carbonyl (C=O) groups excluding carboxylic acids is 3. The molecule has 0 aliphatic rings. The number of esters is 3. The third kappa shape index (κ3) is 63.0. The molecule has 0 fully saturated rings. The van der Waals surface area contributed by atoms with E-state index in [9.17, 15) is 14.4 Å². The van der Waals surface area contributed by atoms with E-state index in [2.05, 4.69) is 118 Å². The summed E-state index contributed by atoms with van der Waals surface area (Å²) < 4.78 is 16.9. The van der Waals surface area contributed by atoms with Gasteiger partial charge < -0.3 is 14.2 Å². The van der Waals surface area contributed by atoms with Crippen molar-refractivity contribution in [3.05, 3.63) is 97.2 Å². The Labute approximate surface area is 477 Å². The number of ether oxygens (including phenoxy) is 3. The van der Waals surface area contributed by atoms with Gasteiger partial charge >= 0.3 is 17.9 Å². The van der Waals surface area contributed by atoms with Gasteiger partial charge in [-0.3, -0.25) is 14.4 Å². The summed E-state index contributed by atoms with van der Waals surface area (Å²) in [6.07, 6.45) is 86.9. The van der Waals surface area contributed by atoms with Crippen LogP contribution in [0.1, 0.15) is 316 Å². The van der Waals surface area contributed by atoms with Gasteiger partial charge in [-0.05, 0) is 122 Å².